The third-order valence-corrected chi connectivity index (χ3v) is 2.32. The molecule has 0 saturated carbocycles. The molecule has 2 aromatic carbocycles. The van der Waals surface area contributed by atoms with Crippen LogP contribution in [0.5, 0.6) is 0 Å². The van der Waals surface area contributed by atoms with Crippen LogP contribution in [-0.2, 0) is 6.42 Å². The maximum absolute atomic E-state index is 3.19. The van der Waals surface area contributed by atoms with Crippen LogP contribution in [0.2, 0.25) is 0 Å². The van der Waals surface area contributed by atoms with Gasteiger partial charge >= 0.3 is 0 Å². The predicted molar refractivity (Wildman–Crippen MR) is 56.8 cm³/mol. The van der Waals surface area contributed by atoms with Crippen LogP contribution in [0, 0.1) is 6.07 Å². The lowest BCUT2D eigenvalue weighted by Gasteiger charge is -2.03. The summed E-state index contributed by atoms with van der Waals surface area (Å²) in [5.74, 6) is 0. The van der Waals surface area contributed by atoms with Crippen molar-refractivity contribution in [2.45, 2.75) is 19.8 Å². The molecule has 0 heterocycles. The van der Waals surface area contributed by atoms with Crippen molar-refractivity contribution in [3.63, 3.8) is 0 Å². The molecule has 65 valence electrons. The van der Waals surface area contributed by atoms with Gasteiger partial charge < -0.3 is 0 Å². The second-order valence-corrected chi connectivity index (χ2v) is 3.32. The predicted octanol–water partition coefficient (Wildman–Crippen LogP) is 3.59. The molecule has 2 aromatic rings. The molecule has 2 rings (SSSR count). The monoisotopic (exact) mass is 169 g/mol. The highest BCUT2D eigenvalue weighted by Gasteiger charge is 1.97. The van der Waals surface area contributed by atoms with Crippen LogP contribution in [0.1, 0.15) is 18.9 Å². The lowest BCUT2D eigenvalue weighted by Crippen LogP contribution is -1.84. The number of hydrogen-bond donors (Lipinski definition) is 0. The number of rotatable bonds is 2. The Balaban J connectivity index is 2.61. The smallest absolute Gasteiger partial charge is 0.0151 e. The molecule has 0 unspecified atom stereocenters. The standard InChI is InChI=1S/C13H13/c1-2-6-11-8-5-9-12-7-3-4-10-13(11)12/h3-4,7-10H,2,6H2,1H3. The van der Waals surface area contributed by atoms with Crippen molar-refractivity contribution in [1.29, 1.82) is 0 Å². The number of hydrogen-bond acceptors (Lipinski definition) is 0. The second-order valence-electron chi connectivity index (χ2n) is 3.32. The van der Waals surface area contributed by atoms with Gasteiger partial charge in [0.05, 0.1) is 0 Å². The van der Waals surface area contributed by atoms with Crippen molar-refractivity contribution in [2.75, 3.05) is 0 Å². The molecule has 0 aliphatic carbocycles. The molecule has 0 spiro atoms. The first-order chi connectivity index (χ1) is 6.42. The van der Waals surface area contributed by atoms with Crippen molar-refractivity contribution in [3.05, 3.63) is 48.0 Å². The molecule has 0 nitrogen and oxygen atoms in total. The molecule has 0 heteroatoms. The van der Waals surface area contributed by atoms with E-state index in [1.165, 1.54) is 22.8 Å². The van der Waals surface area contributed by atoms with Gasteiger partial charge in [-0.15, -0.1) is 0 Å². The molecule has 0 aliphatic heterocycles. The van der Waals surface area contributed by atoms with Crippen molar-refractivity contribution in [3.8, 4) is 0 Å². The van der Waals surface area contributed by atoms with Crippen LogP contribution in [-0.4, -0.2) is 0 Å². The lowest BCUT2D eigenvalue weighted by molar-refractivity contribution is 0.929. The molecule has 0 N–H and O–H groups in total. The van der Waals surface area contributed by atoms with E-state index in [9.17, 15) is 0 Å². The summed E-state index contributed by atoms with van der Waals surface area (Å²) >= 11 is 0. The van der Waals surface area contributed by atoms with Gasteiger partial charge in [-0.2, -0.15) is 0 Å². The van der Waals surface area contributed by atoms with Gasteiger partial charge in [0.1, 0.15) is 0 Å². The molecule has 0 aromatic heterocycles. The van der Waals surface area contributed by atoms with Gasteiger partial charge in [0.25, 0.3) is 0 Å². The Hall–Kier alpha value is -1.30. The van der Waals surface area contributed by atoms with Crippen molar-refractivity contribution in [1.82, 2.24) is 0 Å². The first-order valence-corrected chi connectivity index (χ1v) is 4.79. The summed E-state index contributed by atoms with van der Waals surface area (Å²) in [5, 5.41) is 2.68. The van der Waals surface area contributed by atoms with E-state index in [2.05, 4.69) is 49.4 Å². The van der Waals surface area contributed by atoms with E-state index < -0.39 is 0 Å². The molecule has 13 heavy (non-hydrogen) atoms. The van der Waals surface area contributed by atoms with Gasteiger partial charge in [0, 0.05) is 0 Å². The molecule has 0 aliphatic rings. The molecule has 0 bridgehead atoms. The van der Waals surface area contributed by atoms with Crippen LogP contribution in [0.3, 0.4) is 0 Å². The molecule has 0 saturated heterocycles. The van der Waals surface area contributed by atoms with E-state index >= 15 is 0 Å². The number of benzene rings is 2. The van der Waals surface area contributed by atoms with Crippen LogP contribution in [0.25, 0.3) is 10.8 Å². The van der Waals surface area contributed by atoms with Crippen LogP contribution in [0.4, 0.5) is 0 Å². The molecule has 0 amide bonds. The summed E-state index contributed by atoms with van der Waals surface area (Å²) in [5.41, 5.74) is 1.42. The third-order valence-electron chi connectivity index (χ3n) is 2.32. The minimum Gasteiger partial charge on any atom is -0.0651 e. The van der Waals surface area contributed by atoms with E-state index in [-0.39, 0.29) is 0 Å². The summed E-state index contributed by atoms with van der Waals surface area (Å²) in [6, 6.07) is 15.8. The first kappa shape index (κ1) is 8.31. The van der Waals surface area contributed by atoms with E-state index in [0.29, 0.717) is 0 Å². The molecule has 0 atom stereocenters. The molecular formula is C13H13. The Morgan fingerprint density at radius 1 is 1.15 bits per heavy atom. The van der Waals surface area contributed by atoms with E-state index in [0.717, 1.165) is 6.42 Å². The number of aryl methyl sites for hydroxylation is 1. The molecular weight excluding hydrogens is 156 g/mol. The zero-order valence-corrected chi connectivity index (χ0v) is 7.88. The highest BCUT2D eigenvalue weighted by molar-refractivity contribution is 5.85. The van der Waals surface area contributed by atoms with Gasteiger partial charge in [0.2, 0.25) is 0 Å². The zero-order valence-electron chi connectivity index (χ0n) is 7.88. The van der Waals surface area contributed by atoms with Crippen LogP contribution < -0.4 is 0 Å². The summed E-state index contributed by atoms with van der Waals surface area (Å²) in [7, 11) is 0. The Labute approximate surface area is 79.2 Å². The van der Waals surface area contributed by atoms with Gasteiger partial charge in [-0.05, 0) is 34.9 Å². The van der Waals surface area contributed by atoms with Gasteiger partial charge in [-0.3, -0.25) is 0 Å². The summed E-state index contributed by atoms with van der Waals surface area (Å²) < 4.78 is 0. The Kier molecular flexibility index (Phi) is 2.31. The molecule has 0 fully saturated rings. The lowest BCUT2D eigenvalue weighted by atomic mass is 10.0. The topological polar surface area (TPSA) is 0 Å². The van der Waals surface area contributed by atoms with Gasteiger partial charge in [-0.25, -0.2) is 0 Å². The first-order valence-electron chi connectivity index (χ1n) is 4.79. The Morgan fingerprint density at radius 2 is 2.00 bits per heavy atom. The summed E-state index contributed by atoms with van der Waals surface area (Å²) in [6.45, 7) is 2.21. The average molecular weight is 169 g/mol. The highest BCUT2D eigenvalue weighted by atomic mass is 14.0. The minimum absolute atomic E-state index is 1.15. The van der Waals surface area contributed by atoms with Crippen molar-refractivity contribution >= 4 is 10.8 Å². The minimum atomic E-state index is 1.15. The fourth-order valence-corrected chi connectivity index (χ4v) is 1.70. The Bertz CT molecular complexity index is 396. The largest absolute Gasteiger partial charge is 0.0651 e. The maximum atomic E-state index is 3.19. The quantitative estimate of drug-likeness (QED) is 0.644. The maximum Gasteiger partial charge on any atom is -0.0151 e. The Morgan fingerprint density at radius 3 is 2.85 bits per heavy atom. The zero-order chi connectivity index (χ0) is 9.10. The highest BCUT2D eigenvalue weighted by Crippen LogP contribution is 2.18. The van der Waals surface area contributed by atoms with Crippen molar-refractivity contribution in [2.24, 2.45) is 0 Å². The fourth-order valence-electron chi connectivity index (χ4n) is 1.70. The number of fused-ring (bicyclic) bond motifs is 1. The average Bonchev–Trinajstić information content (AvgIpc) is 2.19. The molecule has 1 radical (unpaired) electrons. The third kappa shape index (κ3) is 1.57. The fraction of sp³-hybridized carbons (Fsp3) is 0.231. The van der Waals surface area contributed by atoms with E-state index in [4.69, 9.17) is 0 Å². The van der Waals surface area contributed by atoms with Crippen molar-refractivity contribution < 1.29 is 0 Å². The second kappa shape index (κ2) is 3.61. The van der Waals surface area contributed by atoms with E-state index in [1.54, 1.807) is 0 Å². The van der Waals surface area contributed by atoms with Crippen LogP contribution in [0.15, 0.2) is 36.4 Å². The SMILES string of the molecule is CCCc1c[c]cc2ccccc12. The summed E-state index contributed by atoms with van der Waals surface area (Å²) in [6.07, 6.45) is 2.35. The van der Waals surface area contributed by atoms with Gasteiger partial charge in [-0.1, -0.05) is 43.7 Å². The van der Waals surface area contributed by atoms with Crippen LogP contribution >= 0.6 is 0 Å². The normalized spacial score (nSPS) is 10.5. The van der Waals surface area contributed by atoms with E-state index in [1.807, 2.05) is 0 Å². The van der Waals surface area contributed by atoms with Gasteiger partial charge in [0.15, 0.2) is 0 Å². The summed E-state index contributed by atoms with van der Waals surface area (Å²) in [4.78, 5) is 0.